The van der Waals surface area contributed by atoms with E-state index in [1.54, 1.807) is 10.9 Å². The van der Waals surface area contributed by atoms with Gasteiger partial charge in [-0.15, -0.1) is 0 Å². The third-order valence-electron chi connectivity index (χ3n) is 1.88. The van der Waals surface area contributed by atoms with Gasteiger partial charge in [0.2, 0.25) is 0 Å². The van der Waals surface area contributed by atoms with Crippen molar-refractivity contribution in [3.05, 3.63) is 30.2 Å². The lowest BCUT2D eigenvalue weighted by atomic mass is 10.4. The monoisotopic (exact) mass is 177 g/mol. The summed E-state index contributed by atoms with van der Waals surface area (Å²) < 4.78 is 3.59. The average molecular weight is 177 g/mol. The van der Waals surface area contributed by atoms with E-state index in [1.165, 1.54) is 0 Å². The minimum atomic E-state index is 0.546. The third-order valence-corrected chi connectivity index (χ3v) is 1.88. The van der Waals surface area contributed by atoms with E-state index >= 15 is 0 Å². The van der Waals surface area contributed by atoms with Crippen LogP contribution in [-0.2, 0) is 13.6 Å². The van der Waals surface area contributed by atoms with Crippen molar-refractivity contribution in [3.63, 3.8) is 0 Å². The molecule has 13 heavy (non-hydrogen) atoms. The van der Waals surface area contributed by atoms with Crippen molar-refractivity contribution in [3.8, 4) is 0 Å². The zero-order valence-corrected chi connectivity index (χ0v) is 7.38. The minimum Gasteiger partial charge on any atom is -0.382 e. The van der Waals surface area contributed by atoms with Crippen LogP contribution in [0.4, 0.5) is 5.82 Å². The molecule has 0 saturated heterocycles. The molecule has 0 aliphatic heterocycles. The Morgan fingerprint density at radius 3 is 2.92 bits per heavy atom. The summed E-state index contributed by atoms with van der Waals surface area (Å²) in [5.41, 5.74) is 6.59. The molecule has 2 N–H and O–H groups in total. The van der Waals surface area contributed by atoms with Gasteiger partial charge in [0.05, 0.1) is 12.2 Å². The maximum Gasteiger partial charge on any atom is 0.145 e. The fourth-order valence-electron chi connectivity index (χ4n) is 1.24. The number of hydrogen-bond acceptors (Lipinski definition) is 3. The number of aromatic nitrogens is 4. The van der Waals surface area contributed by atoms with Gasteiger partial charge < -0.3 is 5.73 Å². The van der Waals surface area contributed by atoms with Crippen molar-refractivity contribution in [2.45, 2.75) is 6.54 Å². The Hall–Kier alpha value is -1.78. The van der Waals surface area contributed by atoms with Crippen molar-refractivity contribution in [1.82, 2.24) is 19.6 Å². The van der Waals surface area contributed by atoms with Gasteiger partial charge in [-0.1, -0.05) is 0 Å². The molecule has 0 unspecified atom stereocenters. The van der Waals surface area contributed by atoms with Gasteiger partial charge in [0.15, 0.2) is 0 Å². The smallest absolute Gasteiger partial charge is 0.145 e. The fourth-order valence-corrected chi connectivity index (χ4v) is 1.24. The molecule has 0 aromatic carbocycles. The lowest BCUT2D eigenvalue weighted by Gasteiger charge is -2.00. The summed E-state index contributed by atoms with van der Waals surface area (Å²) in [7, 11) is 1.87. The highest BCUT2D eigenvalue weighted by molar-refractivity contribution is 5.29. The van der Waals surface area contributed by atoms with Gasteiger partial charge in [-0.2, -0.15) is 10.2 Å². The molecule has 0 spiro atoms. The topological polar surface area (TPSA) is 61.7 Å². The second kappa shape index (κ2) is 2.93. The van der Waals surface area contributed by atoms with E-state index in [1.807, 2.05) is 30.1 Å². The lowest BCUT2D eigenvalue weighted by molar-refractivity contribution is 0.621. The largest absolute Gasteiger partial charge is 0.382 e. The van der Waals surface area contributed by atoms with E-state index in [0.29, 0.717) is 12.4 Å². The quantitative estimate of drug-likeness (QED) is 0.715. The van der Waals surface area contributed by atoms with Crippen LogP contribution in [0.2, 0.25) is 0 Å². The van der Waals surface area contributed by atoms with Crippen LogP contribution in [0, 0.1) is 0 Å². The Bertz CT molecular complexity index is 387. The van der Waals surface area contributed by atoms with E-state index in [-0.39, 0.29) is 0 Å². The van der Waals surface area contributed by atoms with Gasteiger partial charge in [0, 0.05) is 25.5 Å². The molecule has 68 valence electrons. The SMILES string of the molecule is Cn1nc(N)cc1Cn1cccn1. The van der Waals surface area contributed by atoms with Crippen LogP contribution in [0.1, 0.15) is 5.69 Å². The van der Waals surface area contributed by atoms with Crippen LogP contribution < -0.4 is 5.73 Å². The van der Waals surface area contributed by atoms with Gasteiger partial charge in [-0.25, -0.2) is 0 Å². The zero-order chi connectivity index (χ0) is 9.26. The van der Waals surface area contributed by atoms with Crippen molar-refractivity contribution >= 4 is 5.82 Å². The number of rotatable bonds is 2. The standard InChI is InChI=1S/C8H11N5/c1-12-7(5-8(9)11-12)6-13-4-2-3-10-13/h2-5H,6H2,1H3,(H2,9,11). The highest BCUT2D eigenvalue weighted by Gasteiger charge is 2.02. The number of nitrogens with zero attached hydrogens (tertiary/aromatic N) is 4. The Morgan fingerprint density at radius 1 is 1.54 bits per heavy atom. The first-order valence-corrected chi connectivity index (χ1v) is 4.01. The molecule has 2 aromatic heterocycles. The summed E-state index contributed by atoms with van der Waals surface area (Å²) in [6.45, 7) is 0.702. The second-order valence-corrected chi connectivity index (χ2v) is 2.89. The van der Waals surface area contributed by atoms with E-state index in [9.17, 15) is 0 Å². The van der Waals surface area contributed by atoms with Crippen LogP contribution in [0.25, 0.3) is 0 Å². The Labute approximate surface area is 75.8 Å². The van der Waals surface area contributed by atoms with E-state index in [2.05, 4.69) is 10.2 Å². The van der Waals surface area contributed by atoms with Gasteiger partial charge in [0.25, 0.3) is 0 Å². The summed E-state index contributed by atoms with van der Waals surface area (Å²) >= 11 is 0. The predicted octanol–water partition coefficient (Wildman–Crippen LogP) is 0.247. The predicted molar refractivity (Wildman–Crippen MR) is 48.9 cm³/mol. The lowest BCUT2D eigenvalue weighted by Crippen LogP contribution is -2.05. The molecule has 0 fully saturated rings. The number of hydrogen-bond donors (Lipinski definition) is 1. The molecule has 2 rings (SSSR count). The molecule has 0 bridgehead atoms. The van der Waals surface area contributed by atoms with Crippen LogP contribution in [-0.4, -0.2) is 19.6 Å². The summed E-state index contributed by atoms with van der Waals surface area (Å²) in [6.07, 6.45) is 3.66. The molecule has 0 radical (unpaired) electrons. The average Bonchev–Trinajstić information content (AvgIpc) is 2.63. The molecule has 0 aliphatic carbocycles. The first-order valence-electron chi connectivity index (χ1n) is 4.01. The Morgan fingerprint density at radius 2 is 2.38 bits per heavy atom. The van der Waals surface area contributed by atoms with E-state index < -0.39 is 0 Å². The third kappa shape index (κ3) is 1.53. The second-order valence-electron chi connectivity index (χ2n) is 2.89. The van der Waals surface area contributed by atoms with Crippen molar-refractivity contribution < 1.29 is 0 Å². The molecule has 0 saturated carbocycles. The van der Waals surface area contributed by atoms with Crippen LogP contribution in [0.15, 0.2) is 24.5 Å². The van der Waals surface area contributed by atoms with Gasteiger partial charge in [0.1, 0.15) is 5.82 Å². The summed E-state index contributed by atoms with van der Waals surface area (Å²) in [5, 5.41) is 8.14. The number of anilines is 1. The number of nitrogens with two attached hydrogens (primary N) is 1. The van der Waals surface area contributed by atoms with Gasteiger partial charge in [-0.3, -0.25) is 9.36 Å². The molecule has 2 aromatic rings. The summed E-state index contributed by atoms with van der Waals surface area (Å²) in [6, 6.07) is 3.74. The van der Waals surface area contributed by atoms with Crippen molar-refractivity contribution in [2.75, 3.05) is 5.73 Å². The van der Waals surface area contributed by atoms with Gasteiger partial charge in [-0.05, 0) is 6.07 Å². The molecule has 2 heterocycles. The maximum absolute atomic E-state index is 5.55. The molecule has 5 heteroatoms. The van der Waals surface area contributed by atoms with E-state index in [0.717, 1.165) is 5.69 Å². The molecule has 0 aliphatic rings. The van der Waals surface area contributed by atoms with E-state index in [4.69, 9.17) is 5.73 Å². The fraction of sp³-hybridized carbons (Fsp3) is 0.250. The molecular formula is C8H11N5. The zero-order valence-electron chi connectivity index (χ0n) is 7.38. The normalized spacial score (nSPS) is 10.5. The molecule has 0 atom stereocenters. The summed E-state index contributed by atoms with van der Waals surface area (Å²) in [4.78, 5) is 0. The van der Waals surface area contributed by atoms with Crippen molar-refractivity contribution in [1.29, 1.82) is 0 Å². The molecule has 0 amide bonds. The summed E-state index contributed by atoms with van der Waals surface area (Å²) in [5.74, 6) is 0.546. The number of aryl methyl sites for hydroxylation is 1. The van der Waals surface area contributed by atoms with Crippen LogP contribution >= 0.6 is 0 Å². The minimum absolute atomic E-state index is 0.546. The van der Waals surface area contributed by atoms with Crippen LogP contribution in [0.3, 0.4) is 0 Å². The molecular weight excluding hydrogens is 166 g/mol. The van der Waals surface area contributed by atoms with Gasteiger partial charge >= 0.3 is 0 Å². The molecule has 5 nitrogen and oxygen atoms in total. The highest BCUT2D eigenvalue weighted by atomic mass is 15.3. The highest BCUT2D eigenvalue weighted by Crippen LogP contribution is 2.05. The first kappa shape index (κ1) is 7.85. The van der Waals surface area contributed by atoms with Crippen molar-refractivity contribution in [2.24, 2.45) is 7.05 Å². The first-order chi connectivity index (χ1) is 6.25. The number of nitrogen functional groups attached to an aromatic ring is 1. The Balaban J connectivity index is 2.23. The Kier molecular flexibility index (Phi) is 1.77. The van der Waals surface area contributed by atoms with Crippen LogP contribution in [0.5, 0.6) is 0 Å². The maximum atomic E-state index is 5.55.